The van der Waals surface area contributed by atoms with Gasteiger partial charge in [-0.05, 0) is 55.6 Å². The Morgan fingerprint density at radius 3 is 2.40 bits per heavy atom. The van der Waals surface area contributed by atoms with Crippen molar-refractivity contribution in [2.75, 3.05) is 33.3 Å². The van der Waals surface area contributed by atoms with Crippen LogP contribution in [0.1, 0.15) is 36.4 Å². The molecule has 0 bridgehead atoms. The van der Waals surface area contributed by atoms with Gasteiger partial charge in [0, 0.05) is 56.0 Å². The minimum Gasteiger partial charge on any atom is -0.480 e. The molecule has 0 unspecified atom stereocenters. The number of rotatable bonds is 8. The van der Waals surface area contributed by atoms with Gasteiger partial charge in [0.05, 0.1) is 30.3 Å². The monoisotopic (exact) mass is 633 g/mol. The number of likely N-dealkylation sites (tertiary alicyclic amines) is 2. The average molecular weight is 634 g/mol. The number of piperidine rings is 2. The van der Waals surface area contributed by atoms with Crippen LogP contribution in [0.5, 0.6) is 5.88 Å². The van der Waals surface area contributed by atoms with Crippen molar-refractivity contribution in [1.82, 2.24) is 34.1 Å². The van der Waals surface area contributed by atoms with E-state index in [2.05, 4.69) is 32.2 Å². The van der Waals surface area contributed by atoms with E-state index in [1.54, 1.807) is 13.2 Å². The number of hydrogen-bond donors (Lipinski definition) is 1. The molecular formula is C36H39N7O4. The highest BCUT2D eigenvalue weighted by atomic mass is 16.5. The summed E-state index contributed by atoms with van der Waals surface area (Å²) in [4.78, 5) is 36.3. The third-order valence-electron chi connectivity index (χ3n) is 9.71. The van der Waals surface area contributed by atoms with Gasteiger partial charge >= 0.3 is 0 Å². The van der Waals surface area contributed by atoms with E-state index in [4.69, 9.17) is 4.74 Å². The van der Waals surface area contributed by atoms with Gasteiger partial charge in [-0.3, -0.25) is 19.1 Å². The number of hydrogen-bond acceptors (Lipinski definition) is 8. The molecule has 5 aromatic rings. The molecular weight excluding hydrogens is 594 g/mol. The maximum Gasteiger partial charge on any atom is 0.262 e. The number of methoxy groups -OCH3 is 1. The van der Waals surface area contributed by atoms with Gasteiger partial charge in [0.2, 0.25) is 11.8 Å². The highest BCUT2D eigenvalue weighted by Gasteiger charge is 2.41. The fraction of sp³-hybridized carbons (Fsp3) is 0.361. The largest absolute Gasteiger partial charge is 0.480 e. The normalized spacial score (nSPS) is 19.9. The van der Waals surface area contributed by atoms with Crippen molar-refractivity contribution in [3.05, 3.63) is 113 Å². The van der Waals surface area contributed by atoms with Crippen LogP contribution in [0.2, 0.25) is 0 Å². The van der Waals surface area contributed by atoms with Crippen molar-refractivity contribution < 1.29 is 14.6 Å². The Morgan fingerprint density at radius 1 is 0.957 bits per heavy atom. The van der Waals surface area contributed by atoms with Crippen LogP contribution in [0.4, 0.5) is 0 Å². The molecule has 1 N–H and O–H groups in total. The second kappa shape index (κ2) is 13.1. The molecule has 7 rings (SSSR count). The predicted molar refractivity (Wildman–Crippen MR) is 177 cm³/mol. The van der Waals surface area contributed by atoms with Gasteiger partial charge in [0.15, 0.2) is 5.65 Å². The molecule has 2 fully saturated rings. The third-order valence-corrected chi connectivity index (χ3v) is 9.71. The van der Waals surface area contributed by atoms with Crippen LogP contribution in [-0.2, 0) is 17.9 Å². The molecule has 2 aliphatic heterocycles. The molecule has 0 radical (unpaired) electrons. The van der Waals surface area contributed by atoms with E-state index in [1.807, 2.05) is 76.3 Å². The standard InChI is InChI=1S/C36H39N7O4/c1-47-32-13-12-27(38-39-32)22-40-18-14-29(31(23-40)26-8-4-2-5-9-26)34(44)41-20-16-36(46,17-21-41)24-42-25-37-33-30(35(42)45)15-19-43(33)28-10-6-3-7-11-28/h2-13,15,19,25,29,31,46H,14,16-18,20-24H2,1H3/t29-,31+/m1/s1. The highest BCUT2D eigenvalue weighted by molar-refractivity contribution is 5.80. The molecule has 11 nitrogen and oxygen atoms in total. The van der Waals surface area contributed by atoms with Crippen LogP contribution in [0.15, 0.2) is 96.2 Å². The van der Waals surface area contributed by atoms with Crippen LogP contribution in [0, 0.1) is 5.92 Å². The van der Waals surface area contributed by atoms with Crippen LogP contribution >= 0.6 is 0 Å². The van der Waals surface area contributed by atoms with Gasteiger partial charge in [-0.15, -0.1) is 5.10 Å². The second-order valence-electron chi connectivity index (χ2n) is 12.7. The quantitative estimate of drug-likeness (QED) is 0.275. The number of nitrogens with zero attached hydrogens (tertiary/aromatic N) is 7. The molecule has 0 aliphatic carbocycles. The van der Waals surface area contributed by atoms with Gasteiger partial charge in [-0.25, -0.2) is 4.98 Å². The number of aliphatic hydroxyl groups is 1. The van der Waals surface area contributed by atoms with E-state index in [0.29, 0.717) is 49.4 Å². The Bertz CT molecular complexity index is 1880. The Balaban J connectivity index is 1.02. The van der Waals surface area contributed by atoms with E-state index < -0.39 is 5.60 Å². The lowest BCUT2D eigenvalue weighted by Crippen LogP contribution is -2.53. The van der Waals surface area contributed by atoms with E-state index in [-0.39, 0.29) is 29.8 Å². The zero-order chi connectivity index (χ0) is 32.4. The summed E-state index contributed by atoms with van der Waals surface area (Å²) in [6.45, 7) is 3.16. The molecule has 0 saturated carbocycles. The topological polar surface area (TPSA) is 119 Å². The van der Waals surface area contributed by atoms with Gasteiger partial charge in [0.25, 0.3) is 5.56 Å². The molecule has 5 heterocycles. The molecule has 3 aromatic heterocycles. The molecule has 0 spiro atoms. The predicted octanol–water partition coefficient (Wildman–Crippen LogP) is 3.65. The van der Waals surface area contributed by atoms with Gasteiger partial charge in [-0.2, -0.15) is 5.10 Å². The van der Waals surface area contributed by atoms with Crippen molar-refractivity contribution in [1.29, 1.82) is 0 Å². The summed E-state index contributed by atoms with van der Waals surface area (Å²) >= 11 is 0. The van der Waals surface area contributed by atoms with Crippen LogP contribution < -0.4 is 10.3 Å². The summed E-state index contributed by atoms with van der Waals surface area (Å²) in [5, 5.41) is 20.5. The summed E-state index contributed by atoms with van der Waals surface area (Å²) in [7, 11) is 1.57. The number of carbonyl (C=O) groups excluding carboxylic acids is 1. The second-order valence-corrected chi connectivity index (χ2v) is 12.7. The minimum atomic E-state index is -1.11. The summed E-state index contributed by atoms with van der Waals surface area (Å²) < 4.78 is 8.54. The first kappa shape index (κ1) is 30.8. The number of aromatic nitrogens is 5. The molecule has 11 heteroatoms. The Labute approximate surface area is 273 Å². The molecule has 47 heavy (non-hydrogen) atoms. The first-order valence-corrected chi connectivity index (χ1v) is 16.2. The third kappa shape index (κ3) is 6.41. The Morgan fingerprint density at radius 2 is 1.70 bits per heavy atom. The molecule has 2 aliphatic rings. The minimum absolute atomic E-state index is 0.0315. The number of carbonyl (C=O) groups is 1. The number of benzene rings is 2. The maximum absolute atomic E-state index is 14.1. The van der Waals surface area contributed by atoms with E-state index >= 15 is 0 Å². The Kier molecular flexibility index (Phi) is 8.57. The fourth-order valence-corrected chi connectivity index (χ4v) is 7.08. The van der Waals surface area contributed by atoms with Gasteiger partial charge < -0.3 is 19.3 Å². The van der Waals surface area contributed by atoms with Crippen molar-refractivity contribution in [3.63, 3.8) is 0 Å². The van der Waals surface area contributed by atoms with Crippen LogP contribution in [0.25, 0.3) is 16.7 Å². The van der Waals surface area contributed by atoms with Crippen LogP contribution in [0.3, 0.4) is 0 Å². The smallest absolute Gasteiger partial charge is 0.262 e. The van der Waals surface area contributed by atoms with Gasteiger partial charge in [0.1, 0.15) is 6.33 Å². The number of amides is 1. The number of fused-ring (bicyclic) bond motifs is 1. The van der Waals surface area contributed by atoms with Crippen molar-refractivity contribution in [2.24, 2.45) is 5.92 Å². The number of ether oxygens (including phenoxy) is 1. The zero-order valence-electron chi connectivity index (χ0n) is 26.5. The highest BCUT2D eigenvalue weighted by Crippen LogP contribution is 2.36. The SMILES string of the molecule is COc1ccc(CN2CC[C@@H](C(=O)N3CCC(O)(Cn4cnc5c(ccn5-c5ccccc5)c4=O)CC3)[C@H](c3ccccc3)C2)nn1. The van der Waals surface area contributed by atoms with Crippen molar-refractivity contribution >= 4 is 16.9 Å². The zero-order valence-corrected chi connectivity index (χ0v) is 26.5. The lowest BCUT2D eigenvalue weighted by atomic mass is 9.79. The summed E-state index contributed by atoms with van der Waals surface area (Å²) in [6, 6.07) is 25.5. The maximum atomic E-state index is 14.1. The van der Waals surface area contributed by atoms with E-state index in [9.17, 15) is 14.7 Å². The molecule has 2 aromatic carbocycles. The molecule has 242 valence electrons. The molecule has 2 saturated heterocycles. The fourth-order valence-electron chi connectivity index (χ4n) is 7.08. The average Bonchev–Trinajstić information content (AvgIpc) is 3.56. The molecule has 1 amide bonds. The summed E-state index contributed by atoms with van der Waals surface area (Å²) in [6.07, 6.45) is 4.87. The van der Waals surface area contributed by atoms with E-state index in [1.165, 1.54) is 10.9 Å². The Hall–Kier alpha value is -4.87. The summed E-state index contributed by atoms with van der Waals surface area (Å²) in [5.74, 6) is 0.484. The van der Waals surface area contributed by atoms with Crippen molar-refractivity contribution in [3.8, 4) is 11.6 Å². The van der Waals surface area contributed by atoms with E-state index in [0.717, 1.165) is 36.5 Å². The van der Waals surface area contributed by atoms with Gasteiger partial charge in [-0.1, -0.05) is 48.5 Å². The lowest BCUT2D eigenvalue weighted by Gasteiger charge is -2.43. The van der Waals surface area contributed by atoms with Crippen molar-refractivity contribution in [2.45, 2.75) is 43.9 Å². The first-order valence-electron chi connectivity index (χ1n) is 16.2. The first-order chi connectivity index (χ1) is 22.9. The molecule has 2 atom stereocenters. The summed E-state index contributed by atoms with van der Waals surface area (Å²) in [5.41, 5.74) is 2.22. The van der Waals surface area contributed by atoms with Crippen LogP contribution in [-0.4, -0.2) is 84.0 Å². The number of para-hydroxylation sites is 1. The lowest BCUT2D eigenvalue weighted by molar-refractivity contribution is -0.142.